The average molecular weight is 305 g/mol. The number of esters is 1. The minimum absolute atomic E-state index is 0.0457. The van der Waals surface area contributed by atoms with Gasteiger partial charge in [0.25, 0.3) is 0 Å². The van der Waals surface area contributed by atoms with Crippen LogP contribution in [0.1, 0.15) is 18.4 Å². The molecule has 1 heterocycles. The molecule has 0 N–H and O–H groups in total. The van der Waals surface area contributed by atoms with Gasteiger partial charge in [0, 0.05) is 11.8 Å². The molecule has 1 fully saturated rings. The SMILES string of the molecule is O=C(OCc1ccc(-c2ccccn2)cc1)C1CC2C=CC1C2. The Kier molecular flexibility index (Phi) is 3.70. The molecule has 2 bridgehead atoms. The Morgan fingerprint density at radius 1 is 1.09 bits per heavy atom. The zero-order valence-electron chi connectivity index (χ0n) is 12.9. The molecule has 1 aromatic carbocycles. The van der Waals surface area contributed by atoms with E-state index in [1.54, 1.807) is 6.20 Å². The standard InChI is InChI=1S/C20H19NO2/c22-20(18-12-15-6-9-17(18)11-15)23-13-14-4-7-16(8-5-14)19-3-1-2-10-21-19/h1-10,15,17-18H,11-13H2. The molecule has 3 atom stereocenters. The van der Waals surface area contributed by atoms with Crippen molar-refractivity contribution >= 4 is 5.97 Å². The molecular formula is C20H19NO2. The number of ether oxygens (including phenoxy) is 1. The summed E-state index contributed by atoms with van der Waals surface area (Å²) >= 11 is 0. The van der Waals surface area contributed by atoms with Crippen molar-refractivity contribution in [2.45, 2.75) is 19.4 Å². The molecule has 0 amide bonds. The van der Waals surface area contributed by atoms with E-state index < -0.39 is 0 Å². The third-order valence-corrected chi connectivity index (χ3v) is 4.88. The third kappa shape index (κ3) is 2.91. The number of allylic oxidation sites excluding steroid dienone is 2. The smallest absolute Gasteiger partial charge is 0.309 e. The van der Waals surface area contributed by atoms with E-state index in [-0.39, 0.29) is 11.9 Å². The maximum atomic E-state index is 12.2. The van der Waals surface area contributed by atoms with Gasteiger partial charge in [-0.2, -0.15) is 0 Å². The minimum atomic E-state index is -0.0457. The van der Waals surface area contributed by atoms with Gasteiger partial charge in [-0.3, -0.25) is 9.78 Å². The number of benzene rings is 1. The fourth-order valence-electron chi connectivity index (χ4n) is 3.62. The van der Waals surface area contributed by atoms with Crippen LogP contribution in [0.2, 0.25) is 0 Å². The number of carbonyl (C=O) groups excluding carboxylic acids is 1. The highest BCUT2D eigenvalue weighted by atomic mass is 16.5. The first-order chi connectivity index (χ1) is 11.3. The second-order valence-corrected chi connectivity index (χ2v) is 6.41. The highest BCUT2D eigenvalue weighted by molar-refractivity contribution is 5.74. The predicted octanol–water partition coefficient (Wildman–Crippen LogP) is 4.00. The molecule has 4 rings (SSSR count). The molecule has 0 spiro atoms. The van der Waals surface area contributed by atoms with Crippen LogP contribution in [-0.4, -0.2) is 11.0 Å². The lowest BCUT2D eigenvalue weighted by molar-refractivity contribution is -0.150. The average Bonchev–Trinajstić information content (AvgIpc) is 3.24. The summed E-state index contributed by atoms with van der Waals surface area (Å²) in [6.45, 7) is 0.346. The van der Waals surface area contributed by atoms with Crippen molar-refractivity contribution in [2.75, 3.05) is 0 Å². The van der Waals surface area contributed by atoms with Crippen LogP contribution in [0.4, 0.5) is 0 Å². The van der Waals surface area contributed by atoms with E-state index in [0.717, 1.165) is 29.7 Å². The zero-order valence-corrected chi connectivity index (χ0v) is 12.9. The lowest BCUT2D eigenvalue weighted by atomic mass is 9.94. The number of hydrogen-bond donors (Lipinski definition) is 0. The summed E-state index contributed by atoms with van der Waals surface area (Å²) in [6.07, 6.45) is 8.29. The molecular weight excluding hydrogens is 286 g/mol. The number of aromatic nitrogens is 1. The van der Waals surface area contributed by atoms with E-state index in [1.807, 2.05) is 42.5 Å². The highest BCUT2D eigenvalue weighted by Gasteiger charge is 2.40. The van der Waals surface area contributed by atoms with Gasteiger partial charge in [-0.15, -0.1) is 0 Å². The fourth-order valence-corrected chi connectivity index (χ4v) is 3.62. The normalized spacial score (nSPS) is 24.8. The number of carbonyl (C=O) groups is 1. The van der Waals surface area contributed by atoms with E-state index in [2.05, 4.69) is 17.1 Å². The lowest BCUT2D eigenvalue weighted by Gasteiger charge is -2.16. The Bertz CT molecular complexity index is 721. The molecule has 0 radical (unpaired) electrons. The topological polar surface area (TPSA) is 39.2 Å². The van der Waals surface area contributed by atoms with Crippen molar-refractivity contribution in [1.29, 1.82) is 0 Å². The van der Waals surface area contributed by atoms with Crippen molar-refractivity contribution in [1.82, 2.24) is 4.98 Å². The molecule has 23 heavy (non-hydrogen) atoms. The van der Waals surface area contributed by atoms with Gasteiger partial charge in [-0.1, -0.05) is 42.5 Å². The molecule has 3 nitrogen and oxygen atoms in total. The molecule has 3 unspecified atom stereocenters. The summed E-state index contributed by atoms with van der Waals surface area (Å²) in [5.74, 6) is 1.02. The van der Waals surface area contributed by atoms with Crippen molar-refractivity contribution in [2.24, 2.45) is 17.8 Å². The van der Waals surface area contributed by atoms with Crippen LogP contribution in [0.5, 0.6) is 0 Å². The summed E-state index contributed by atoms with van der Waals surface area (Å²) < 4.78 is 5.52. The van der Waals surface area contributed by atoms with Crippen LogP contribution < -0.4 is 0 Å². The molecule has 1 aromatic heterocycles. The minimum Gasteiger partial charge on any atom is -0.461 e. The molecule has 3 heteroatoms. The van der Waals surface area contributed by atoms with Crippen molar-refractivity contribution in [3.05, 3.63) is 66.4 Å². The Labute approximate surface area is 136 Å². The number of fused-ring (bicyclic) bond motifs is 2. The Morgan fingerprint density at radius 2 is 1.96 bits per heavy atom. The summed E-state index contributed by atoms with van der Waals surface area (Å²) in [6, 6.07) is 13.9. The summed E-state index contributed by atoms with van der Waals surface area (Å²) in [5, 5.41) is 0. The van der Waals surface area contributed by atoms with Crippen LogP contribution >= 0.6 is 0 Å². The van der Waals surface area contributed by atoms with Gasteiger partial charge in [0.2, 0.25) is 0 Å². The molecule has 0 saturated heterocycles. The van der Waals surface area contributed by atoms with Gasteiger partial charge >= 0.3 is 5.97 Å². The summed E-state index contributed by atoms with van der Waals surface area (Å²) in [5.41, 5.74) is 3.03. The monoisotopic (exact) mass is 305 g/mol. The molecule has 116 valence electrons. The van der Waals surface area contributed by atoms with Crippen LogP contribution in [0.25, 0.3) is 11.3 Å². The van der Waals surface area contributed by atoms with Gasteiger partial charge in [0.15, 0.2) is 0 Å². The Hall–Kier alpha value is -2.42. The zero-order chi connectivity index (χ0) is 15.6. The second-order valence-electron chi connectivity index (χ2n) is 6.41. The van der Waals surface area contributed by atoms with Crippen LogP contribution in [-0.2, 0) is 16.1 Å². The summed E-state index contributed by atoms with van der Waals surface area (Å²) in [4.78, 5) is 16.6. The quantitative estimate of drug-likeness (QED) is 0.633. The Morgan fingerprint density at radius 3 is 2.61 bits per heavy atom. The highest BCUT2D eigenvalue weighted by Crippen LogP contribution is 2.43. The van der Waals surface area contributed by atoms with Crippen molar-refractivity contribution in [3.63, 3.8) is 0 Å². The molecule has 0 aliphatic heterocycles. The second kappa shape index (κ2) is 5.99. The maximum absolute atomic E-state index is 12.2. The largest absolute Gasteiger partial charge is 0.461 e. The van der Waals surface area contributed by atoms with E-state index in [0.29, 0.717) is 18.4 Å². The number of nitrogens with zero attached hydrogens (tertiary/aromatic N) is 1. The van der Waals surface area contributed by atoms with Gasteiger partial charge in [0.1, 0.15) is 6.61 Å². The van der Waals surface area contributed by atoms with Crippen LogP contribution in [0.15, 0.2) is 60.8 Å². The van der Waals surface area contributed by atoms with Crippen molar-refractivity contribution < 1.29 is 9.53 Å². The first-order valence-electron chi connectivity index (χ1n) is 8.15. The van der Waals surface area contributed by atoms with Gasteiger partial charge < -0.3 is 4.74 Å². The van der Waals surface area contributed by atoms with E-state index in [1.165, 1.54) is 0 Å². The number of rotatable bonds is 4. The molecule has 2 aromatic rings. The number of pyridine rings is 1. The molecule has 2 aliphatic carbocycles. The molecule has 2 aliphatic rings. The van der Waals surface area contributed by atoms with Crippen LogP contribution in [0, 0.1) is 17.8 Å². The van der Waals surface area contributed by atoms with Gasteiger partial charge in [-0.25, -0.2) is 0 Å². The lowest BCUT2D eigenvalue weighted by Crippen LogP contribution is -2.21. The first-order valence-corrected chi connectivity index (χ1v) is 8.15. The number of hydrogen-bond acceptors (Lipinski definition) is 3. The summed E-state index contributed by atoms with van der Waals surface area (Å²) in [7, 11) is 0. The van der Waals surface area contributed by atoms with Crippen molar-refractivity contribution in [3.8, 4) is 11.3 Å². The predicted molar refractivity (Wildman–Crippen MR) is 88.3 cm³/mol. The van der Waals surface area contributed by atoms with Gasteiger partial charge in [-0.05, 0) is 42.4 Å². The molecule has 1 saturated carbocycles. The third-order valence-electron chi connectivity index (χ3n) is 4.88. The van der Waals surface area contributed by atoms with Gasteiger partial charge in [0.05, 0.1) is 11.6 Å². The van der Waals surface area contributed by atoms with E-state index in [9.17, 15) is 4.79 Å². The first kappa shape index (κ1) is 14.2. The van der Waals surface area contributed by atoms with E-state index >= 15 is 0 Å². The van der Waals surface area contributed by atoms with E-state index in [4.69, 9.17) is 4.74 Å². The van der Waals surface area contributed by atoms with Crippen LogP contribution in [0.3, 0.4) is 0 Å². The maximum Gasteiger partial charge on any atom is 0.309 e. The Balaban J connectivity index is 1.36. The fraction of sp³-hybridized carbons (Fsp3) is 0.300.